The van der Waals surface area contributed by atoms with Crippen LogP contribution in [0.3, 0.4) is 0 Å². The van der Waals surface area contributed by atoms with Crippen LogP contribution in [0.2, 0.25) is 0 Å². The average molecular weight is 304 g/mol. The first-order chi connectivity index (χ1) is 10.7. The van der Waals surface area contributed by atoms with Crippen LogP contribution in [-0.2, 0) is 4.79 Å². The molecular weight excluding hydrogens is 280 g/mol. The van der Waals surface area contributed by atoms with E-state index in [1.807, 2.05) is 18.2 Å². The number of unbranched alkanes of at least 4 members (excludes halogenated alkanes) is 1. The van der Waals surface area contributed by atoms with E-state index < -0.39 is 0 Å². The Balaban J connectivity index is 1.72. The van der Waals surface area contributed by atoms with Gasteiger partial charge in [-0.3, -0.25) is 4.79 Å². The van der Waals surface area contributed by atoms with Crippen molar-refractivity contribution in [3.8, 4) is 5.75 Å². The number of nitrogens with one attached hydrogen (secondary N) is 1. The number of ether oxygens (including phenoxy) is 1. The molecule has 0 spiro atoms. The first kappa shape index (κ1) is 16.3. The Bertz CT molecular complexity index is 482. The van der Waals surface area contributed by atoms with E-state index in [0.29, 0.717) is 25.3 Å². The monoisotopic (exact) mass is 304 g/mol. The molecule has 1 aromatic rings. The first-order valence-corrected chi connectivity index (χ1v) is 8.00. The SMILES string of the molecule is CCCCC(=O)NC1CCN(C(=O)Oc2ccccc2)CC1. The van der Waals surface area contributed by atoms with Crippen molar-refractivity contribution in [2.24, 2.45) is 0 Å². The number of carbonyl (C=O) groups excluding carboxylic acids is 2. The van der Waals surface area contributed by atoms with Gasteiger partial charge in [0, 0.05) is 25.6 Å². The van der Waals surface area contributed by atoms with Crippen LogP contribution in [0.4, 0.5) is 4.79 Å². The maximum absolute atomic E-state index is 12.1. The molecule has 5 heteroatoms. The number of amides is 2. The van der Waals surface area contributed by atoms with Gasteiger partial charge in [0.1, 0.15) is 5.75 Å². The Labute approximate surface area is 131 Å². The molecule has 22 heavy (non-hydrogen) atoms. The summed E-state index contributed by atoms with van der Waals surface area (Å²) < 4.78 is 5.32. The third-order valence-corrected chi connectivity index (χ3v) is 3.82. The standard InChI is InChI=1S/C17H24N2O3/c1-2-3-9-16(20)18-14-10-12-19(13-11-14)17(21)22-15-7-5-4-6-8-15/h4-8,14H,2-3,9-13H2,1H3,(H,18,20). The summed E-state index contributed by atoms with van der Waals surface area (Å²) in [5.74, 6) is 0.676. The normalized spacial score (nSPS) is 15.4. The van der Waals surface area contributed by atoms with Crippen molar-refractivity contribution in [3.05, 3.63) is 30.3 Å². The van der Waals surface area contributed by atoms with Gasteiger partial charge in [0.25, 0.3) is 0 Å². The highest BCUT2D eigenvalue weighted by Gasteiger charge is 2.24. The van der Waals surface area contributed by atoms with Gasteiger partial charge in [0.05, 0.1) is 0 Å². The Morgan fingerprint density at radius 2 is 1.91 bits per heavy atom. The van der Waals surface area contributed by atoms with E-state index in [0.717, 1.165) is 25.7 Å². The fraction of sp³-hybridized carbons (Fsp3) is 0.529. The number of piperidine rings is 1. The first-order valence-electron chi connectivity index (χ1n) is 8.00. The molecule has 1 aliphatic rings. The van der Waals surface area contributed by atoms with Gasteiger partial charge in [-0.2, -0.15) is 0 Å². The smallest absolute Gasteiger partial charge is 0.410 e. The number of para-hydroxylation sites is 1. The highest BCUT2D eigenvalue weighted by Crippen LogP contribution is 2.15. The van der Waals surface area contributed by atoms with Gasteiger partial charge in [0.15, 0.2) is 0 Å². The Morgan fingerprint density at radius 3 is 2.55 bits per heavy atom. The molecule has 0 atom stereocenters. The van der Waals surface area contributed by atoms with Gasteiger partial charge in [0.2, 0.25) is 5.91 Å². The number of hydrogen-bond acceptors (Lipinski definition) is 3. The summed E-state index contributed by atoms with van der Waals surface area (Å²) >= 11 is 0. The molecule has 0 unspecified atom stereocenters. The molecule has 120 valence electrons. The van der Waals surface area contributed by atoms with E-state index >= 15 is 0 Å². The van der Waals surface area contributed by atoms with Crippen LogP contribution in [0, 0.1) is 0 Å². The fourth-order valence-electron chi connectivity index (χ4n) is 2.50. The van der Waals surface area contributed by atoms with Crippen LogP contribution in [0.25, 0.3) is 0 Å². The number of rotatable bonds is 5. The highest BCUT2D eigenvalue weighted by molar-refractivity contribution is 5.76. The van der Waals surface area contributed by atoms with E-state index in [-0.39, 0.29) is 18.0 Å². The molecule has 1 N–H and O–H groups in total. The molecule has 0 radical (unpaired) electrons. The highest BCUT2D eigenvalue weighted by atomic mass is 16.6. The lowest BCUT2D eigenvalue weighted by molar-refractivity contribution is -0.122. The molecule has 1 saturated heterocycles. The molecule has 5 nitrogen and oxygen atoms in total. The molecule has 0 aliphatic carbocycles. The van der Waals surface area contributed by atoms with E-state index in [4.69, 9.17) is 4.74 Å². The molecule has 0 saturated carbocycles. The molecule has 1 aromatic carbocycles. The Kier molecular flexibility index (Phi) is 6.25. The van der Waals surface area contributed by atoms with Gasteiger partial charge >= 0.3 is 6.09 Å². The van der Waals surface area contributed by atoms with Crippen molar-refractivity contribution >= 4 is 12.0 Å². The number of hydrogen-bond donors (Lipinski definition) is 1. The quantitative estimate of drug-likeness (QED) is 0.910. The van der Waals surface area contributed by atoms with E-state index in [1.165, 1.54) is 0 Å². The molecular formula is C17H24N2O3. The summed E-state index contributed by atoms with van der Waals surface area (Å²) in [6.45, 7) is 3.30. The largest absolute Gasteiger partial charge is 0.415 e. The molecule has 2 rings (SSSR count). The van der Waals surface area contributed by atoms with E-state index in [1.54, 1.807) is 17.0 Å². The minimum atomic E-state index is -0.318. The van der Waals surface area contributed by atoms with Crippen molar-refractivity contribution in [1.82, 2.24) is 10.2 Å². The second-order valence-electron chi connectivity index (χ2n) is 5.61. The van der Waals surface area contributed by atoms with Crippen LogP contribution in [0.1, 0.15) is 39.0 Å². The lowest BCUT2D eigenvalue weighted by Gasteiger charge is -2.31. The van der Waals surface area contributed by atoms with Crippen molar-refractivity contribution in [2.45, 2.75) is 45.1 Å². The van der Waals surface area contributed by atoms with Crippen molar-refractivity contribution < 1.29 is 14.3 Å². The van der Waals surface area contributed by atoms with Crippen molar-refractivity contribution in [2.75, 3.05) is 13.1 Å². The summed E-state index contributed by atoms with van der Waals surface area (Å²) in [5.41, 5.74) is 0. The van der Waals surface area contributed by atoms with Gasteiger partial charge in [-0.1, -0.05) is 31.5 Å². The molecule has 2 amide bonds. The van der Waals surface area contributed by atoms with Gasteiger partial charge < -0.3 is 15.0 Å². The summed E-state index contributed by atoms with van der Waals surface area (Å²) in [5, 5.41) is 3.05. The second-order valence-corrected chi connectivity index (χ2v) is 5.61. The van der Waals surface area contributed by atoms with Gasteiger partial charge in [-0.15, -0.1) is 0 Å². The third kappa shape index (κ3) is 5.06. The zero-order valence-corrected chi connectivity index (χ0v) is 13.1. The van der Waals surface area contributed by atoms with Crippen molar-refractivity contribution in [1.29, 1.82) is 0 Å². The number of benzene rings is 1. The maximum atomic E-state index is 12.1. The molecule has 1 heterocycles. The zero-order chi connectivity index (χ0) is 15.8. The summed E-state index contributed by atoms with van der Waals surface area (Å²) in [4.78, 5) is 25.5. The van der Waals surface area contributed by atoms with Crippen LogP contribution in [-0.4, -0.2) is 36.0 Å². The molecule has 0 aromatic heterocycles. The van der Waals surface area contributed by atoms with Gasteiger partial charge in [-0.25, -0.2) is 4.79 Å². The topological polar surface area (TPSA) is 58.6 Å². The molecule has 1 fully saturated rings. The van der Waals surface area contributed by atoms with Crippen LogP contribution < -0.4 is 10.1 Å². The van der Waals surface area contributed by atoms with Crippen molar-refractivity contribution in [3.63, 3.8) is 0 Å². The van der Waals surface area contributed by atoms with Crippen LogP contribution in [0.15, 0.2) is 30.3 Å². The summed E-state index contributed by atoms with van der Waals surface area (Å²) in [7, 11) is 0. The fourth-order valence-corrected chi connectivity index (χ4v) is 2.50. The van der Waals surface area contributed by atoms with Crippen LogP contribution in [0.5, 0.6) is 5.75 Å². The lowest BCUT2D eigenvalue weighted by Crippen LogP contribution is -2.47. The third-order valence-electron chi connectivity index (χ3n) is 3.82. The van der Waals surface area contributed by atoms with Crippen LogP contribution >= 0.6 is 0 Å². The minimum Gasteiger partial charge on any atom is -0.410 e. The zero-order valence-electron chi connectivity index (χ0n) is 13.1. The second kappa shape index (κ2) is 8.41. The summed E-state index contributed by atoms with van der Waals surface area (Å²) in [6, 6.07) is 9.24. The molecule has 1 aliphatic heterocycles. The Hall–Kier alpha value is -2.04. The lowest BCUT2D eigenvalue weighted by atomic mass is 10.1. The average Bonchev–Trinajstić information content (AvgIpc) is 2.54. The predicted molar refractivity (Wildman–Crippen MR) is 84.7 cm³/mol. The van der Waals surface area contributed by atoms with E-state index in [9.17, 15) is 9.59 Å². The molecule has 0 bridgehead atoms. The van der Waals surface area contributed by atoms with Gasteiger partial charge in [-0.05, 0) is 31.4 Å². The maximum Gasteiger partial charge on any atom is 0.415 e. The van der Waals surface area contributed by atoms with E-state index in [2.05, 4.69) is 12.2 Å². The number of nitrogens with zero attached hydrogens (tertiary/aromatic N) is 1. The predicted octanol–water partition coefficient (Wildman–Crippen LogP) is 2.96. The minimum absolute atomic E-state index is 0.118. The Morgan fingerprint density at radius 1 is 1.23 bits per heavy atom. The number of likely N-dealkylation sites (tertiary alicyclic amines) is 1. The summed E-state index contributed by atoms with van der Waals surface area (Å²) in [6.07, 6.45) is 3.78. The number of carbonyl (C=O) groups is 2.